The molecule has 6 N–H and O–H groups in total. The Kier molecular flexibility index (Phi) is 9.26. The second-order valence-electron chi connectivity index (χ2n) is 10.2. The first-order chi connectivity index (χ1) is 20.8. The number of amides is 1. The van der Waals surface area contributed by atoms with E-state index in [4.69, 9.17) is 0 Å². The number of carboxylic acid groups (broad SMARTS) is 1. The van der Waals surface area contributed by atoms with E-state index in [2.05, 4.69) is 35.9 Å². The van der Waals surface area contributed by atoms with Gasteiger partial charge in [0.2, 0.25) is 15.7 Å². The minimum atomic E-state index is -4.38. The van der Waals surface area contributed by atoms with Crippen LogP contribution in [-0.2, 0) is 14.8 Å². The lowest BCUT2D eigenvalue weighted by atomic mass is 10.0. The number of carbonyl (C=O) groups excluding carboxylic acids is 1. The largest absolute Gasteiger partial charge is 0.478 e. The molecule has 1 amide bonds. The fourth-order valence-electron chi connectivity index (χ4n) is 4.83. The average Bonchev–Trinajstić information content (AvgIpc) is 3.50. The van der Waals surface area contributed by atoms with Crippen molar-refractivity contribution in [2.45, 2.75) is 42.5 Å². The smallest absolute Gasteiger partial charge is 0.345 e. The molecule has 13 heteroatoms. The molecule has 12 nitrogen and oxygen atoms in total. The standard InChI is InChI=1S/C30H33N7O5S/c38-27(23-11-14-26-24(19-23)20-34-36-26)35-30(28(39)40,15-4-5-16-31-29-32-17-6-18-33-29)37-43(41,42)25-12-9-22(10-13-25)21-7-2-1-3-8-21/h1-3,7-14,17,19-20,29,31,33,37H,4-6,15-16,18H2,(H,34,36)(H,35,38)(H,39,40). The molecule has 0 bridgehead atoms. The molecular formula is C30H33N7O5S. The predicted octanol–water partition coefficient (Wildman–Crippen LogP) is 2.83. The van der Waals surface area contributed by atoms with Crippen molar-refractivity contribution in [3.63, 3.8) is 0 Å². The quantitative estimate of drug-likeness (QED) is 0.0998. The molecule has 2 unspecified atom stereocenters. The maximum absolute atomic E-state index is 13.6. The summed E-state index contributed by atoms with van der Waals surface area (Å²) in [4.78, 5) is 30.4. The molecule has 2 atom stereocenters. The zero-order valence-corrected chi connectivity index (χ0v) is 24.1. The summed E-state index contributed by atoms with van der Waals surface area (Å²) in [6.45, 7) is 1.30. The number of carboxylic acids is 1. The van der Waals surface area contributed by atoms with Gasteiger partial charge in [-0.25, -0.2) is 13.2 Å². The van der Waals surface area contributed by atoms with E-state index < -0.39 is 27.6 Å². The summed E-state index contributed by atoms with van der Waals surface area (Å²) in [7, 11) is -4.38. The number of aromatic amines is 1. The SMILES string of the molecule is O=C(NC(CCCCNC1N=CCCN1)(NS(=O)(=O)c1ccc(-c2ccccc2)cc1)C(=O)O)c1ccc2[nH]ncc2c1. The molecule has 3 aromatic carbocycles. The number of nitrogens with one attached hydrogen (secondary N) is 5. The van der Waals surface area contributed by atoms with Crippen LogP contribution in [0.5, 0.6) is 0 Å². The number of hydrogen-bond acceptors (Lipinski definition) is 8. The number of fused-ring (bicyclic) bond motifs is 1. The van der Waals surface area contributed by atoms with Gasteiger partial charge >= 0.3 is 5.97 Å². The molecule has 1 aromatic heterocycles. The van der Waals surface area contributed by atoms with Gasteiger partial charge in [-0.15, -0.1) is 0 Å². The first-order valence-corrected chi connectivity index (χ1v) is 15.4. The Hall–Kier alpha value is -4.43. The van der Waals surface area contributed by atoms with Crippen LogP contribution in [0, 0.1) is 0 Å². The van der Waals surface area contributed by atoms with Crippen molar-refractivity contribution < 1.29 is 23.1 Å². The van der Waals surface area contributed by atoms with Crippen LogP contribution in [0.4, 0.5) is 0 Å². The number of aliphatic imine (C=N–C) groups is 1. The van der Waals surface area contributed by atoms with Crippen LogP contribution in [0.1, 0.15) is 36.0 Å². The summed E-state index contributed by atoms with van der Waals surface area (Å²) < 4.78 is 29.5. The van der Waals surface area contributed by atoms with Gasteiger partial charge in [-0.1, -0.05) is 42.5 Å². The van der Waals surface area contributed by atoms with Crippen LogP contribution in [0.2, 0.25) is 0 Å². The summed E-state index contributed by atoms with van der Waals surface area (Å²) in [6, 6.07) is 20.3. The van der Waals surface area contributed by atoms with E-state index in [1.807, 2.05) is 36.5 Å². The van der Waals surface area contributed by atoms with Crippen LogP contribution < -0.4 is 20.7 Å². The molecule has 1 aliphatic heterocycles. The molecule has 0 spiro atoms. The molecule has 1 aliphatic rings. The topological polar surface area (TPSA) is 178 Å². The summed E-state index contributed by atoms with van der Waals surface area (Å²) in [6.07, 6.45) is 4.58. The van der Waals surface area contributed by atoms with Crippen molar-refractivity contribution in [3.05, 3.63) is 84.6 Å². The highest BCUT2D eigenvalue weighted by Crippen LogP contribution is 2.23. The van der Waals surface area contributed by atoms with Crippen LogP contribution in [0.25, 0.3) is 22.0 Å². The third-order valence-electron chi connectivity index (χ3n) is 7.16. The van der Waals surface area contributed by atoms with Gasteiger partial charge in [0.15, 0.2) is 6.29 Å². The number of benzene rings is 3. The Bertz CT molecular complexity index is 1710. The van der Waals surface area contributed by atoms with Crippen molar-refractivity contribution in [1.82, 2.24) is 30.9 Å². The summed E-state index contributed by atoms with van der Waals surface area (Å²) >= 11 is 0. The van der Waals surface area contributed by atoms with Gasteiger partial charge in [0.1, 0.15) is 0 Å². The number of carbonyl (C=O) groups is 2. The Morgan fingerprint density at radius 3 is 2.49 bits per heavy atom. The Morgan fingerprint density at radius 1 is 1.00 bits per heavy atom. The van der Waals surface area contributed by atoms with Gasteiger partial charge in [-0.05, 0) is 73.7 Å². The van der Waals surface area contributed by atoms with Crippen molar-refractivity contribution in [3.8, 4) is 11.1 Å². The molecule has 2 heterocycles. The number of H-pyrrole nitrogens is 1. The van der Waals surface area contributed by atoms with Gasteiger partial charge in [-0.3, -0.25) is 25.5 Å². The van der Waals surface area contributed by atoms with Gasteiger partial charge < -0.3 is 10.4 Å². The van der Waals surface area contributed by atoms with Gasteiger partial charge in [0.25, 0.3) is 5.91 Å². The number of nitrogens with zero attached hydrogens (tertiary/aromatic N) is 2. The third-order valence-corrected chi connectivity index (χ3v) is 8.67. The number of hydrogen-bond donors (Lipinski definition) is 6. The van der Waals surface area contributed by atoms with E-state index in [-0.39, 0.29) is 29.6 Å². The lowest BCUT2D eigenvalue weighted by Gasteiger charge is -2.31. The minimum absolute atomic E-state index is 0.130. The normalized spacial score (nSPS) is 16.5. The monoisotopic (exact) mass is 603 g/mol. The summed E-state index contributed by atoms with van der Waals surface area (Å²) in [5, 5.41) is 26.7. The fourth-order valence-corrected chi connectivity index (χ4v) is 6.15. The van der Waals surface area contributed by atoms with Gasteiger partial charge in [0.05, 0.1) is 16.6 Å². The zero-order valence-electron chi connectivity index (χ0n) is 23.3. The number of sulfonamides is 1. The van der Waals surface area contributed by atoms with Crippen LogP contribution in [0.3, 0.4) is 0 Å². The second kappa shape index (κ2) is 13.3. The maximum Gasteiger partial charge on any atom is 0.345 e. The van der Waals surface area contributed by atoms with E-state index in [9.17, 15) is 23.1 Å². The number of unbranched alkanes of at least 4 members (excludes halogenated alkanes) is 1. The van der Waals surface area contributed by atoms with Gasteiger partial charge in [-0.2, -0.15) is 9.82 Å². The zero-order chi connectivity index (χ0) is 30.3. The Balaban J connectivity index is 1.37. The highest BCUT2D eigenvalue weighted by molar-refractivity contribution is 7.89. The van der Waals surface area contributed by atoms with Crippen LogP contribution in [-0.4, -0.2) is 66.9 Å². The first kappa shape index (κ1) is 30.0. The van der Waals surface area contributed by atoms with E-state index in [0.717, 1.165) is 24.1 Å². The fraction of sp³-hybridized carbons (Fsp3) is 0.267. The number of aliphatic carboxylic acids is 1. The molecule has 5 rings (SSSR count). The highest BCUT2D eigenvalue weighted by Gasteiger charge is 2.44. The molecule has 0 aliphatic carbocycles. The van der Waals surface area contributed by atoms with Gasteiger partial charge in [0, 0.05) is 23.7 Å². The third kappa shape index (κ3) is 7.32. The molecule has 0 saturated heterocycles. The van der Waals surface area contributed by atoms with Crippen molar-refractivity contribution in [2.75, 3.05) is 13.1 Å². The second-order valence-corrected chi connectivity index (χ2v) is 11.9. The van der Waals surface area contributed by atoms with Crippen LogP contribution in [0.15, 0.2) is 88.9 Å². The summed E-state index contributed by atoms with van der Waals surface area (Å²) in [5.41, 5.74) is 0.250. The lowest BCUT2D eigenvalue weighted by Crippen LogP contribution is -2.65. The number of rotatable bonds is 13. The highest BCUT2D eigenvalue weighted by atomic mass is 32.2. The predicted molar refractivity (Wildman–Crippen MR) is 163 cm³/mol. The van der Waals surface area contributed by atoms with Crippen molar-refractivity contribution in [1.29, 1.82) is 0 Å². The summed E-state index contributed by atoms with van der Waals surface area (Å²) in [5.74, 6) is -2.27. The maximum atomic E-state index is 13.6. The molecule has 0 radical (unpaired) electrons. The first-order valence-electron chi connectivity index (χ1n) is 13.9. The molecule has 4 aromatic rings. The molecular weight excluding hydrogens is 570 g/mol. The van der Waals surface area contributed by atoms with Crippen molar-refractivity contribution >= 4 is 39.0 Å². The Morgan fingerprint density at radius 2 is 1.77 bits per heavy atom. The molecule has 43 heavy (non-hydrogen) atoms. The lowest BCUT2D eigenvalue weighted by molar-refractivity contribution is -0.145. The van der Waals surface area contributed by atoms with E-state index >= 15 is 0 Å². The Labute approximate surface area is 249 Å². The average molecular weight is 604 g/mol. The molecule has 224 valence electrons. The van der Waals surface area contributed by atoms with Crippen molar-refractivity contribution in [2.24, 2.45) is 4.99 Å². The van der Waals surface area contributed by atoms with E-state index in [1.165, 1.54) is 24.4 Å². The van der Waals surface area contributed by atoms with Crippen LogP contribution >= 0.6 is 0 Å². The van der Waals surface area contributed by atoms with E-state index in [1.54, 1.807) is 24.3 Å². The number of aromatic nitrogens is 2. The molecule has 0 saturated carbocycles. The minimum Gasteiger partial charge on any atom is -0.478 e. The molecule has 0 fully saturated rings. The van der Waals surface area contributed by atoms with E-state index in [0.29, 0.717) is 23.9 Å².